The van der Waals surface area contributed by atoms with Crippen LogP contribution >= 0.6 is 11.8 Å². The molecule has 5 nitrogen and oxygen atoms in total. The lowest BCUT2D eigenvalue weighted by atomic mass is 9.94. The molecule has 31 heavy (non-hydrogen) atoms. The van der Waals surface area contributed by atoms with Gasteiger partial charge < -0.3 is 19.5 Å². The van der Waals surface area contributed by atoms with Crippen molar-refractivity contribution in [3.05, 3.63) is 65.3 Å². The van der Waals surface area contributed by atoms with E-state index in [-0.39, 0.29) is 12.1 Å². The predicted octanol–water partition coefficient (Wildman–Crippen LogP) is 5.44. The fourth-order valence-corrected chi connectivity index (χ4v) is 4.67. The Morgan fingerprint density at radius 3 is 2.55 bits per heavy atom. The molecule has 6 heteroatoms. The van der Waals surface area contributed by atoms with E-state index in [0.717, 1.165) is 29.3 Å². The quantitative estimate of drug-likeness (QED) is 0.546. The summed E-state index contributed by atoms with van der Waals surface area (Å²) in [5, 5.41) is 4.62. The highest BCUT2D eigenvalue weighted by molar-refractivity contribution is 8.13. The van der Waals surface area contributed by atoms with Crippen LogP contribution in [-0.4, -0.2) is 38.6 Å². The molecule has 1 aliphatic carbocycles. The molecule has 2 atom stereocenters. The molecular weight excluding hydrogens is 408 g/mol. The normalized spacial score (nSPS) is 20.6. The average Bonchev–Trinajstić information content (AvgIpc) is 3.03. The van der Waals surface area contributed by atoms with Crippen LogP contribution in [0.3, 0.4) is 0 Å². The number of nitrogens with zero attached hydrogens (tertiary/aromatic N) is 1. The van der Waals surface area contributed by atoms with Crippen molar-refractivity contribution in [1.29, 1.82) is 0 Å². The Balaban J connectivity index is 1.79. The maximum absolute atomic E-state index is 5.49. The second kappa shape index (κ2) is 11.1. The minimum Gasteiger partial charge on any atom is -0.493 e. The molecule has 0 radical (unpaired) electrons. The Hall–Kier alpha value is -2.60. The first-order valence-electron chi connectivity index (χ1n) is 10.6. The maximum Gasteiger partial charge on any atom is 0.203 e. The number of hydrogen-bond acceptors (Lipinski definition) is 6. The Morgan fingerprint density at radius 1 is 1.16 bits per heavy atom. The van der Waals surface area contributed by atoms with E-state index in [1.54, 1.807) is 33.1 Å². The smallest absolute Gasteiger partial charge is 0.203 e. The zero-order chi connectivity index (χ0) is 22.2. The number of thioether (sulfide) groups is 1. The van der Waals surface area contributed by atoms with Gasteiger partial charge in [-0.3, -0.25) is 4.99 Å². The molecule has 1 aliphatic heterocycles. The van der Waals surface area contributed by atoms with Gasteiger partial charge in [0.05, 0.1) is 33.4 Å². The summed E-state index contributed by atoms with van der Waals surface area (Å²) in [6.07, 6.45) is 15.1. The number of nitrogens with one attached hydrogen (secondary N) is 1. The van der Waals surface area contributed by atoms with Crippen molar-refractivity contribution in [1.82, 2.24) is 5.32 Å². The third kappa shape index (κ3) is 5.56. The highest BCUT2D eigenvalue weighted by Gasteiger charge is 2.31. The van der Waals surface area contributed by atoms with Crippen LogP contribution < -0.4 is 19.5 Å². The fraction of sp³-hybridized carbons (Fsp3) is 0.400. The second-order valence-corrected chi connectivity index (χ2v) is 8.37. The number of aliphatic imine (C=N–C) groups is 1. The van der Waals surface area contributed by atoms with Gasteiger partial charge in [0.1, 0.15) is 0 Å². The Bertz CT molecular complexity index is 906. The van der Waals surface area contributed by atoms with E-state index in [9.17, 15) is 0 Å². The highest BCUT2D eigenvalue weighted by atomic mass is 32.2. The van der Waals surface area contributed by atoms with Crippen LogP contribution in [0.4, 0.5) is 0 Å². The summed E-state index contributed by atoms with van der Waals surface area (Å²) < 4.78 is 16.4. The van der Waals surface area contributed by atoms with Gasteiger partial charge in [-0.2, -0.15) is 0 Å². The number of hydrogen-bond donors (Lipinski definition) is 1. The van der Waals surface area contributed by atoms with Crippen molar-refractivity contribution in [2.24, 2.45) is 4.99 Å². The first-order chi connectivity index (χ1) is 15.1. The first kappa shape index (κ1) is 23.1. The largest absolute Gasteiger partial charge is 0.493 e. The number of rotatable bonds is 8. The lowest BCUT2D eigenvalue weighted by Gasteiger charge is -2.21. The molecule has 1 heterocycles. The van der Waals surface area contributed by atoms with Crippen LogP contribution in [0.15, 0.2) is 64.7 Å². The maximum atomic E-state index is 5.49. The topological polar surface area (TPSA) is 52.1 Å². The Labute approximate surface area is 190 Å². The van der Waals surface area contributed by atoms with Crippen LogP contribution in [0, 0.1) is 0 Å². The number of benzene rings is 1. The van der Waals surface area contributed by atoms with E-state index in [1.165, 1.54) is 11.1 Å². The summed E-state index contributed by atoms with van der Waals surface area (Å²) in [5.74, 6) is 2.68. The van der Waals surface area contributed by atoms with E-state index in [2.05, 4.69) is 55.6 Å². The molecule has 1 N–H and O–H groups in total. The summed E-state index contributed by atoms with van der Waals surface area (Å²) in [5.41, 5.74) is 3.67. The van der Waals surface area contributed by atoms with Gasteiger partial charge in [0.2, 0.25) is 5.75 Å². The Morgan fingerprint density at radius 2 is 1.90 bits per heavy atom. The molecule has 0 aromatic heterocycles. The highest BCUT2D eigenvalue weighted by Crippen LogP contribution is 2.39. The number of allylic oxidation sites excluding steroid dienone is 5. The third-order valence-corrected chi connectivity index (χ3v) is 6.30. The molecule has 0 bridgehead atoms. The fourth-order valence-electron chi connectivity index (χ4n) is 3.80. The standard InChI is InChI=1S/C25H32N2O3S/c1-6-11-17(2)22-23(19-12-9-7-8-10-13-19)27-25(26-22)31-16-18-14-20(28-3)24(30-5)21(15-18)29-4/h7-9,11-15,22-23H,6,10,16H2,1-5H3,(H,26,27)/b17-11+/t22-,23+/m0/s1. The summed E-state index contributed by atoms with van der Waals surface area (Å²) >= 11 is 1.69. The second-order valence-electron chi connectivity index (χ2n) is 7.41. The van der Waals surface area contributed by atoms with Gasteiger partial charge in [-0.25, -0.2) is 0 Å². The molecule has 166 valence electrons. The molecule has 0 spiro atoms. The van der Waals surface area contributed by atoms with Crippen molar-refractivity contribution in [3.8, 4) is 17.2 Å². The molecule has 0 saturated carbocycles. The monoisotopic (exact) mass is 440 g/mol. The Kier molecular flexibility index (Phi) is 8.29. The number of ether oxygens (including phenoxy) is 3. The molecule has 2 aliphatic rings. The zero-order valence-electron chi connectivity index (χ0n) is 19.0. The van der Waals surface area contributed by atoms with E-state index < -0.39 is 0 Å². The minimum absolute atomic E-state index is 0.108. The molecule has 3 rings (SSSR count). The van der Waals surface area contributed by atoms with Crippen LogP contribution in [0.2, 0.25) is 0 Å². The lowest BCUT2D eigenvalue weighted by molar-refractivity contribution is 0.324. The predicted molar refractivity (Wildman–Crippen MR) is 131 cm³/mol. The van der Waals surface area contributed by atoms with Gasteiger partial charge >= 0.3 is 0 Å². The first-order valence-corrected chi connectivity index (χ1v) is 11.6. The lowest BCUT2D eigenvalue weighted by Crippen LogP contribution is -2.36. The average molecular weight is 441 g/mol. The van der Waals surface area contributed by atoms with Crippen molar-refractivity contribution in [2.45, 2.75) is 44.5 Å². The van der Waals surface area contributed by atoms with Gasteiger partial charge in [-0.05, 0) is 43.0 Å². The summed E-state index contributed by atoms with van der Waals surface area (Å²) in [6, 6.07) is 4.24. The van der Waals surface area contributed by atoms with Gasteiger partial charge in [0.25, 0.3) is 0 Å². The van der Waals surface area contributed by atoms with E-state index in [1.807, 2.05) is 12.1 Å². The van der Waals surface area contributed by atoms with E-state index in [0.29, 0.717) is 17.2 Å². The molecule has 1 aromatic rings. The third-order valence-electron chi connectivity index (χ3n) is 5.33. The van der Waals surface area contributed by atoms with Crippen LogP contribution in [0.25, 0.3) is 0 Å². The van der Waals surface area contributed by atoms with E-state index in [4.69, 9.17) is 19.2 Å². The number of methoxy groups -OCH3 is 3. The van der Waals surface area contributed by atoms with Gasteiger partial charge in [0.15, 0.2) is 16.7 Å². The van der Waals surface area contributed by atoms with Crippen molar-refractivity contribution < 1.29 is 14.2 Å². The van der Waals surface area contributed by atoms with Crippen molar-refractivity contribution in [3.63, 3.8) is 0 Å². The van der Waals surface area contributed by atoms with E-state index >= 15 is 0 Å². The number of amidine groups is 1. The molecular formula is C25H32N2O3S. The summed E-state index contributed by atoms with van der Waals surface area (Å²) in [7, 11) is 4.89. The SMILES string of the molecule is CC/C=C(\C)[C@@H]1N=C(SCc2cc(OC)c(OC)c(OC)c2)N[C@@H]1C1=CCC=CC=C1. The van der Waals surface area contributed by atoms with Crippen LogP contribution in [-0.2, 0) is 5.75 Å². The molecule has 1 aromatic carbocycles. The summed E-state index contributed by atoms with van der Waals surface area (Å²) in [6.45, 7) is 4.35. The van der Waals surface area contributed by atoms with Crippen molar-refractivity contribution >= 4 is 16.9 Å². The molecule has 0 amide bonds. The van der Waals surface area contributed by atoms with Gasteiger partial charge in [0, 0.05) is 5.75 Å². The molecule has 0 fully saturated rings. The van der Waals surface area contributed by atoms with Gasteiger partial charge in [-0.15, -0.1) is 0 Å². The van der Waals surface area contributed by atoms with Gasteiger partial charge in [-0.1, -0.05) is 60.7 Å². The van der Waals surface area contributed by atoms with Crippen LogP contribution in [0.5, 0.6) is 17.2 Å². The minimum atomic E-state index is 0.108. The van der Waals surface area contributed by atoms with Crippen molar-refractivity contribution in [2.75, 3.05) is 21.3 Å². The zero-order valence-corrected chi connectivity index (χ0v) is 19.8. The van der Waals surface area contributed by atoms with Crippen LogP contribution in [0.1, 0.15) is 32.3 Å². The summed E-state index contributed by atoms with van der Waals surface area (Å²) in [4.78, 5) is 5.05. The molecule has 0 unspecified atom stereocenters. The molecule has 0 saturated heterocycles.